The fourth-order valence-electron chi connectivity index (χ4n) is 2.11. The summed E-state index contributed by atoms with van der Waals surface area (Å²) in [6.07, 6.45) is 0. The van der Waals surface area contributed by atoms with Crippen molar-refractivity contribution in [3.63, 3.8) is 0 Å². The Morgan fingerprint density at radius 1 is 1.28 bits per heavy atom. The largest absolute Gasteiger partial charge is 0.370 e. The van der Waals surface area contributed by atoms with Crippen molar-refractivity contribution >= 4 is 22.4 Å². The molecule has 0 atom stereocenters. The summed E-state index contributed by atoms with van der Waals surface area (Å²) in [6.45, 7) is 8.48. The van der Waals surface area contributed by atoms with Crippen LogP contribution in [0.4, 0.5) is 11.6 Å². The fraction of sp³-hybridized carbons (Fsp3) is 0.667. The van der Waals surface area contributed by atoms with E-state index in [-0.39, 0.29) is 0 Å². The Morgan fingerprint density at radius 3 is 2.56 bits per heavy atom. The normalized spacial score (nSPS) is 16.9. The Hall–Kier alpha value is -1.17. The van der Waals surface area contributed by atoms with Gasteiger partial charge in [-0.2, -0.15) is 0 Å². The molecule has 100 valence electrons. The second kappa shape index (κ2) is 5.65. The predicted molar refractivity (Wildman–Crippen MR) is 75.8 cm³/mol. The average molecular weight is 268 g/mol. The first-order valence-electron chi connectivity index (χ1n) is 6.31. The summed E-state index contributed by atoms with van der Waals surface area (Å²) < 4.78 is 11.4. The van der Waals surface area contributed by atoms with Crippen LogP contribution in [-0.2, 0) is 10.8 Å². The molecule has 18 heavy (non-hydrogen) atoms. The minimum Gasteiger partial charge on any atom is -0.370 e. The van der Waals surface area contributed by atoms with Crippen LogP contribution in [0.15, 0.2) is 0 Å². The van der Waals surface area contributed by atoms with Gasteiger partial charge in [-0.25, -0.2) is 9.97 Å². The minimum atomic E-state index is -0.656. The molecule has 0 unspecified atom stereocenters. The van der Waals surface area contributed by atoms with Gasteiger partial charge in [-0.05, 0) is 20.8 Å². The second-order valence-corrected chi connectivity index (χ2v) is 6.13. The average Bonchev–Trinajstić information content (AvgIpc) is 2.35. The number of hydrogen-bond acceptors (Lipinski definition) is 5. The zero-order chi connectivity index (χ0) is 13.1. The molecular formula is C12H20N4OS. The van der Waals surface area contributed by atoms with Crippen molar-refractivity contribution in [2.75, 3.05) is 41.4 Å². The summed E-state index contributed by atoms with van der Waals surface area (Å²) in [4.78, 5) is 11.2. The van der Waals surface area contributed by atoms with E-state index in [9.17, 15) is 4.21 Å². The van der Waals surface area contributed by atoms with Crippen LogP contribution in [0.3, 0.4) is 0 Å². The van der Waals surface area contributed by atoms with Gasteiger partial charge in [0.05, 0.1) is 0 Å². The van der Waals surface area contributed by atoms with E-state index in [0.29, 0.717) is 0 Å². The molecule has 0 spiro atoms. The monoisotopic (exact) mass is 268 g/mol. The van der Waals surface area contributed by atoms with Gasteiger partial charge in [0, 0.05) is 47.5 Å². The Kier molecular flexibility index (Phi) is 4.16. The summed E-state index contributed by atoms with van der Waals surface area (Å²) >= 11 is 0. The van der Waals surface area contributed by atoms with Crippen LogP contribution in [0.25, 0.3) is 0 Å². The molecule has 0 aliphatic carbocycles. The van der Waals surface area contributed by atoms with Gasteiger partial charge in [-0.1, -0.05) is 0 Å². The highest BCUT2D eigenvalue weighted by Crippen LogP contribution is 2.24. The number of nitrogens with one attached hydrogen (secondary N) is 1. The molecule has 1 saturated heterocycles. The number of aromatic nitrogens is 2. The van der Waals surface area contributed by atoms with Gasteiger partial charge >= 0.3 is 0 Å². The quantitative estimate of drug-likeness (QED) is 0.889. The Labute approximate surface area is 110 Å². The third-order valence-electron chi connectivity index (χ3n) is 3.05. The van der Waals surface area contributed by atoms with E-state index >= 15 is 0 Å². The third kappa shape index (κ3) is 2.80. The lowest BCUT2D eigenvalue weighted by atomic mass is 10.2. The number of nitrogens with zero attached hydrogens (tertiary/aromatic N) is 3. The van der Waals surface area contributed by atoms with Crippen molar-refractivity contribution in [1.82, 2.24) is 9.97 Å². The lowest BCUT2D eigenvalue weighted by molar-refractivity contribution is 0.672. The van der Waals surface area contributed by atoms with Gasteiger partial charge in [0.15, 0.2) is 0 Å². The van der Waals surface area contributed by atoms with E-state index in [0.717, 1.165) is 54.2 Å². The topological polar surface area (TPSA) is 58.1 Å². The fourth-order valence-corrected chi connectivity index (χ4v) is 3.16. The minimum absolute atomic E-state index is 0.656. The van der Waals surface area contributed by atoms with Crippen LogP contribution in [0.5, 0.6) is 0 Å². The summed E-state index contributed by atoms with van der Waals surface area (Å²) in [6, 6.07) is 0. The summed E-state index contributed by atoms with van der Waals surface area (Å²) in [7, 11) is -0.656. The molecule has 1 N–H and O–H groups in total. The van der Waals surface area contributed by atoms with Crippen molar-refractivity contribution in [3.05, 3.63) is 11.4 Å². The van der Waals surface area contributed by atoms with Crippen LogP contribution in [0, 0.1) is 13.8 Å². The first kappa shape index (κ1) is 13.3. The van der Waals surface area contributed by atoms with Crippen LogP contribution in [-0.4, -0.2) is 45.3 Å². The molecule has 2 rings (SSSR count). The maximum atomic E-state index is 11.4. The van der Waals surface area contributed by atoms with Crippen molar-refractivity contribution in [3.8, 4) is 0 Å². The SMILES string of the molecule is CCNc1nc(C)nc(N2CCS(=O)CC2)c1C. The summed E-state index contributed by atoms with van der Waals surface area (Å²) in [5, 5.41) is 3.27. The molecule has 2 heterocycles. The number of anilines is 2. The highest BCUT2D eigenvalue weighted by atomic mass is 32.2. The number of aryl methyl sites for hydroxylation is 1. The zero-order valence-electron chi connectivity index (χ0n) is 11.2. The molecule has 1 aliphatic rings. The molecule has 0 saturated carbocycles. The molecule has 6 heteroatoms. The maximum Gasteiger partial charge on any atom is 0.137 e. The third-order valence-corrected chi connectivity index (χ3v) is 4.33. The van der Waals surface area contributed by atoms with Gasteiger partial charge in [0.1, 0.15) is 17.5 Å². The molecule has 0 aromatic carbocycles. The second-order valence-electron chi connectivity index (χ2n) is 4.43. The zero-order valence-corrected chi connectivity index (χ0v) is 12.0. The van der Waals surface area contributed by atoms with E-state index in [2.05, 4.69) is 27.1 Å². The van der Waals surface area contributed by atoms with Crippen LogP contribution in [0.1, 0.15) is 18.3 Å². The Morgan fingerprint density at radius 2 is 1.94 bits per heavy atom. The first-order valence-corrected chi connectivity index (χ1v) is 7.79. The van der Waals surface area contributed by atoms with Gasteiger partial charge in [0.2, 0.25) is 0 Å². The van der Waals surface area contributed by atoms with Crippen LogP contribution >= 0.6 is 0 Å². The van der Waals surface area contributed by atoms with Crippen molar-refractivity contribution in [2.24, 2.45) is 0 Å². The van der Waals surface area contributed by atoms with Gasteiger partial charge in [-0.15, -0.1) is 0 Å². The van der Waals surface area contributed by atoms with E-state index in [1.807, 2.05) is 13.8 Å². The van der Waals surface area contributed by atoms with Crippen LogP contribution in [0.2, 0.25) is 0 Å². The van der Waals surface area contributed by atoms with Gasteiger partial charge in [0.25, 0.3) is 0 Å². The number of rotatable bonds is 3. The first-order chi connectivity index (χ1) is 8.61. The number of hydrogen-bond donors (Lipinski definition) is 1. The highest BCUT2D eigenvalue weighted by molar-refractivity contribution is 7.85. The smallest absolute Gasteiger partial charge is 0.137 e. The Bertz CT molecular complexity index is 454. The molecule has 1 aromatic rings. The Balaban J connectivity index is 2.29. The molecule has 0 amide bonds. The molecule has 1 aromatic heterocycles. The van der Waals surface area contributed by atoms with E-state index < -0.39 is 10.8 Å². The highest BCUT2D eigenvalue weighted by Gasteiger charge is 2.20. The molecule has 0 radical (unpaired) electrons. The molecular weight excluding hydrogens is 248 g/mol. The predicted octanol–water partition coefficient (Wildman–Crippen LogP) is 1.09. The standard InChI is InChI=1S/C12H20N4OS/c1-4-13-11-9(2)12(15-10(3)14-11)16-5-7-18(17)8-6-16/h4-8H2,1-3H3,(H,13,14,15). The van der Waals surface area contributed by atoms with E-state index in [1.54, 1.807) is 0 Å². The van der Waals surface area contributed by atoms with Crippen LogP contribution < -0.4 is 10.2 Å². The van der Waals surface area contributed by atoms with E-state index in [1.165, 1.54) is 0 Å². The lowest BCUT2D eigenvalue weighted by Gasteiger charge is -2.29. The maximum absolute atomic E-state index is 11.4. The van der Waals surface area contributed by atoms with Crippen molar-refractivity contribution in [2.45, 2.75) is 20.8 Å². The van der Waals surface area contributed by atoms with Gasteiger partial charge in [-0.3, -0.25) is 4.21 Å². The summed E-state index contributed by atoms with van der Waals surface area (Å²) in [5.74, 6) is 4.14. The van der Waals surface area contributed by atoms with E-state index in [4.69, 9.17) is 0 Å². The molecule has 0 bridgehead atoms. The molecule has 5 nitrogen and oxygen atoms in total. The van der Waals surface area contributed by atoms with Gasteiger partial charge < -0.3 is 10.2 Å². The summed E-state index contributed by atoms with van der Waals surface area (Å²) in [5.41, 5.74) is 1.08. The molecule has 1 aliphatic heterocycles. The lowest BCUT2D eigenvalue weighted by Crippen LogP contribution is -2.38. The van der Waals surface area contributed by atoms with Crippen molar-refractivity contribution < 1.29 is 4.21 Å². The molecule has 1 fully saturated rings. The van der Waals surface area contributed by atoms with Crippen molar-refractivity contribution in [1.29, 1.82) is 0 Å².